The maximum atomic E-state index is 13.0. The van der Waals surface area contributed by atoms with Crippen LogP contribution in [0.1, 0.15) is 34.3 Å². The van der Waals surface area contributed by atoms with Gasteiger partial charge in [0.25, 0.3) is 0 Å². The fourth-order valence-electron chi connectivity index (χ4n) is 1.80. The molecule has 0 bridgehead atoms. The summed E-state index contributed by atoms with van der Waals surface area (Å²) in [6, 6.07) is 3.11. The topological polar surface area (TPSA) is 42.9 Å². The van der Waals surface area contributed by atoms with Crippen molar-refractivity contribution in [2.45, 2.75) is 26.2 Å². The second-order valence-electron chi connectivity index (χ2n) is 4.18. The standard InChI is InChI=1S/C13H12F2N2OS/c1-2-3-11-13(19-17-16-11)12(18)6-8-4-9(14)7-10(15)5-8/h4-5,7H,2-3,6H2,1H3. The lowest BCUT2D eigenvalue weighted by Gasteiger charge is -2.01. The van der Waals surface area contributed by atoms with Gasteiger partial charge >= 0.3 is 0 Å². The Balaban J connectivity index is 2.18. The highest BCUT2D eigenvalue weighted by Gasteiger charge is 2.16. The zero-order valence-corrected chi connectivity index (χ0v) is 11.1. The number of hydrogen-bond donors (Lipinski definition) is 0. The van der Waals surface area contributed by atoms with E-state index in [4.69, 9.17) is 0 Å². The highest BCUT2D eigenvalue weighted by Crippen LogP contribution is 2.17. The summed E-state index contributed by atoms with van der Waals surface area (Å²) < 4.78 is 29.9. The van der Waals surface area contributed by atoms with Crippen LogP contribution in [-0.2, 0) is 12.8 Å². The fraction of sp³-hybridized carbons (Fsp3) is 0.308. The van der Waals surface area contributed by atoms with E-state index in [1.54, 1.807) is 0 Å². The van der Waals surface area contributed by atoms with Crippen LogP contribution in [0.4, 0.5) is 8.78 Å². The van der Waals surface area contributed by atoms with Gasteiger partial charge in [0.05, 0.1) is 5.69 Å². The maximum absolute atomic E-state index is 13.0. The molecule has 0 spiro atoms. The van der Waals surface area contributed by atoms with Crippen LogP contribution in [0, 0.1) is 11.6 Å². The first-order valence-corrected chi connectivity index (χ1v) is 6.67. The van der Waals surface area contributed by atoms with Gasteiger partial charge in [0.2, 0.25) is 0 Å². The van der Waals surface area contributed by atoms with E-state index in [9.17, 15) is 13.6 Å². The van der Waals surface area contributed by atoms with Crippen molar-refractivity contribution in [3.8, 4) is 0 Å². The van der Waals surface area contributed by atoms with Crippen LogP contribution in [0.25, 0.3) is 0 Å². The van der Waals surface area contributed by atoms with Gasteiger partial charge in [0.1, 0.15) is 16.5 Å². The first kappa shape index (κ1) is 13.7. The van der Waals surface area contributed by atoms with Gasteiger partial charge < -0.3 is 0 Å². The first-order chi connectivity index (χ1) is 9.10. The van der Waals surface area contributed by atoms with Gasteiger partial charge in [-0.2, -0.15) is 0 Å². The summed E-state index contributed by atoms with van der Waals surface area (Å²) in [5.74, 6) is -1.57. The van der Waals surface area contributed by atoms with E-state index in [1.165, 1.54) is 0 Å². The number of carbonyl (C=O) groups excluding carboxylic acids is 1. The van der Waals surface area contributed by atoms with E-state index in [0.29, 0.717) is 22.6 Å². The minimum atomic E-state index is -0.681. The number of hydrogen-bond acceptors (Lipinski definition) is 4. The van der Waals surface area contributed by atoms with Gasteiger partial charge in [0, 0.05) is 12.5 Å². The Kier molecular flexibility index (Phi) is 4.31. The van der Waals surface area contributed by atoms with Crippen molar-refractivity contribution in [3.63, 3.8) is 0 Å². The zero-order chi connectivity index (χ0) is 13.8. The van der Waals surface area contributed by atoms with Gasteiger partial charge in [-0.3, -0.25) is 4.79 Å². The number of benzene rings is 1. The normalized spacial score (nSPS) is 10.7. The molecular formula is C13H12F2N2OS. The number of halogens is 2. The number of rotatable bonds is 5. The summed E-state index contributed by atoms with van der Waals surface area (Å²) in [5, 5.41) is 3.90. The number of aromatic nitrogens is 2. The van der Waals surface area contributed by atoms with E-state index in [1.807, 2.05) is 6.92 Å². The van der Waals surface area contributed by atoms with Crippen LogP contribution in [-0.4, -0.2) is 15.4 Å². The molecule has 0 amide bonds. The Morgan fingerprint density at radius 2 is 1.95 bits per heavy atom. The molecule has 0 saturated heterocycles. The van der Waals surface area contributed by atoms with Crippen molar-refractivity contribution in [2.24, 2.45) is 0 Å². The van der Waals surface area contributed by atoms with Gasteiger partial charge in [-0.1, -0.05) is 17.8 Å². The predicted octanol–water partition coefficient (Wildman–Crippen LogP) is 3.19. The summed E-state index contributed by atoms with van der Waals surface area (Å²) in [6.45, 7) is 1.98. The fourth-order valence-corrected chi connectivity index (χ4v) is 2.44. The molecule has 2 aromatic rings. The third-order valence-electron chi connectivity index (χ3n) is 2.58. The Morgan fingerprint density at radius 1 is 1.26 bits per heavy atom. The molecule has 0 N–H and O–H groups in total. The van der Waals surface area contributed by atoms with Crippen LogP contribution in [0.2, 0.25) is 0 Å². The lowest BCUT2D eigenvalue weighted by Crippen LogP contribution is -2.05. The third kappa shape index (κ3) is 3.41. The lowest BCUT2D eigenvalue weighted by atomic mass is 10.1. The highest BCUT2D eigenvalue weighted by atomic mass is 32.1. The SMILES string of the molecule is CCCc1nnsc1C(=O)Cc1cc(F)cc(F)c1. The molecule has 0 unspecified atom stereocenters. The Bertz CT molecular complexity index is 578. The van der Waals surface area contributed by atoms with Gasteiger partial charge in [0.15, 0.2) is 5.78 Å². The molecule has 0 aliphatic carbocycles. The van der Waals surface area contributed by atoms with Crippen LogP contribution in [0.15, 0.2) is 18.2 Å². The van der Waals surface area contributed by atoms with Crippen molar-refractivity contribution in [2.75, 3.05) is 0 Å². The van der Waals surface area contributed by atoms with Crippen LogP contribution in [0.3, 0.4) is 0 Å². The molecule has 6 heteroatoms. The van der Waals surface area contributed by atoms with Crippen molar-refractivity contribution >= 4 is 17.3 Å². The predicted molar refractivity (Wildman–Crippen MR) is 68.3 cm³/mol. The second-order valence-corrected chi connectivity index (χ2v) is 4.93. The molecule has 0 aliphatic rings. The Hall–Kier alpha value is -1.69. The molecule has 0 atom stereocenters. The van der Waals surface area contributed by atoms with Gasteiger partial charge in [-0.05, 0) is 35.6 Å². The molecule has 0 fully saturated rings. The molecule has 0 radical (unpaired) electrons. The monoisotopic (exact) mass is 282 g/mol. The number of nitrogens with zero attached hydrogens (tertiary/aromatic N) is 2. The molecule has 0 aliphatic heterocycles. The number of Topliss-reactive ketones (excluding diaryl/α,β-unsaturated/α-hetero) is 1. The largest absolute Gasteiger partial charge is 0.293 e. The zero-order valence-electron chi connectivity index (χ0n) is 10.3. The minimum absolute atomic E-state index is 0.0464. The number of aryl methyl sites for hydroxylation is 1. The average molecular weight is 282 g/mol. The number of ketones is 1. The van der Waals surface area contributed by atoms with E-state index in [2.05, 4.69) is 9.59 Å². The summed E-state index contributed by atoms with van der Waals surface area (Å²) in [7, 11) is 0. The lowest BCUT2D eigenvalue weighted by molar-refractivity contribution is 0.0995. The second kappa shape index (κ2) is 5.97. The highest BCUT2D eigenvalue weighted by molar-refractivity contribution is 7.08. The molecule has 3 nitrogen and oxygen atoms in total. The van der Waals surface area contributed by atoms with Crippen molar-refractivity contribution in [1.82, 2.24) is 9.59 Å². The van der Waals surface area contributed by atoms with Gasteiger partial charge in [-0.15, -0.1) is 5.10 Å². The van der Waals surface area contributed by atoms with E-state index in [-0.39, 0.29) is 12.2 Å². The molecule has 1 aromatic carbocycles. The molecule has 1 aromatic heterocycles. The van der Waals surface area contributed by atoms with Crippen LogP contribution < -0.4 is 0 Å². The minimum Gasteiger partial charge on any atom is -0.293 e. The maximum Gasteiger partial charge on any atom is 0.180 e. The van der Waals surface area contributed by atoms with Crippen LogP contribution >= 0.6 is 11.5 Å². The Morgan fingerprint density at radius 3 is 2.58 bits per heavy atom. The summed E-state index contributed by atoms with van der Waals surface area (Å²) in [4.78, 5) is 12.6. The summed E-state index contributed by atoms with van der Waals surface area (Å²) in [6.07, 6.45) is 1.49. The molecule has 2 rings (SSSR count). The van der Waals surface area contributed by atoms with Crippen molar-refractivity contribution in [3.05, 3.63) is 46.0 Å². The van der Waals surface area contributed by atoms with E-state index in [0.717, 1.165) is 36.2 Å². The molecule has 1 heterocycles. The van der Waals surface area contributed by atoms with E-state index >= 15 is 0 Å². The molecule has 0 saturated carbocycles. The summed E-state index contributed by atoms with van der Waals surface area (Å²) in [5.41, 5.74) is 0.979. The molecule has 19 heavy (non-hydrogen) atoms. The number of carbonyl (C=O) groups is 1. The molecular weight excluding hydrogens is 270 g/mol. The van der Waals surface area contributed by atoms with Crippen molar-refractivity contribution < 1.29 is 13.6 Å². The smallest absolute Gasteiger partial charge is 0.180 e. The van der Waals surface area contributed by atoms with E-state index < -0.39 is 11.6 Å². The average Bonchev–Trinajstić information content (AvgIpc) is 2.76. The first-order valence-electron chi connectivity index (χ1n) is 5.89. The molecule has 100 valence electrons. The van der Waals surface area contributed by atoms with Crippen LogP contribution in [0.5, 0.6) is 0 Å². The third-order valence-corrected chi connectivity index (χ3v) is 3.39. The Labute approximate surface area is 113 Å². The quantitative estimate of drug-likeness (QED) is 0.791. The summed E-state index contributed by atoms with van der Waals surface area (Å²) >= 11 is 1.03. The van der Waals surface area contributed by atoms with Crippen molar-refractivity contribution in [1.29, 1.82) is 0 Å². The van der Waals surface area contributed by atoms with Gasteiger partial charge in [-0.25, -0.2) is 8.78 Å².